The van der Waals surface area contributed by atoms with E-state index in [-0.39, 0.29) is 5.91 Å². The number of rotatable bonds is 4. The van der Waals surface area contributed by atoms with Gasteiger partial charge in [0.2, 0.25) is 0 Å². The Labute approximate surface area is 135 Å². The number of hydrogen-bond donors (Lipinski definition) is 1. The van der Waals surface area contributed by atoms with Gasteiger partial charge in [-0.3, -0.25) is 9.48 Å². The van der Waals surface area contributed by atoms with E-state index in [9.17, 15) is 4.79 Å². The van der Waals surface area contributed by atoms with Crippen LogP contribution in [0.25, 0.3) is 10.6 Å². The third-order valence-corrected chi connectivity index (χ3v) is 5.21. The number of amides is 1. The molecule has 3 aromatic heterocycles. The summed E-state index contributed by atoms with van der Waals surface area (Å²) in [6, 6.07) is 0. The zero-order valence-corrected chi connectivity index (χ0v) is 14.0. The SMILES string of the molecule is CC(C)c1scnc1NC(=O)c1cnc(-c2cnn(C)c2)s1. The Bertz CT molecular complexity index is 802. The molecule has 0 radical (unpaired) electrons. The predicted molar refractivity (Wildman–Crippen MR) is 88.5 cm³/mol. The number of hydrogen-bond acceptors (Lipinski definition) is 6. The Kier molecular flexibility index (Phi) is 4.04. The molecule has 0 saturated heterocycles. The molecule has 0 unspecified atom stereocenters. The van der Waals surface area contributed by atoms with E-state index < -0.39 is 0 Å². The van der Waals surface area contributed by atoms with Crippen molar-refractivity contribution in [3.8, 4) is 10.6 Å². The molecule has 0 saturated carbocycles. The minimum absolute atomic E-state index is 0.180. The fourth-order valence-corrected chi connectivity index (χ4v) is 3.52. The van der Waals surface area contributed by atoms with Crippen molar-refractivity contribution in [3.05, 3.63) is 33.9 Å². The van der Waals surface area contributed by atoms with Crippen molar-refractivity contribution >= 4 is 34.4 Å². The van der Waals surface area contributed by atoms with Gasteiger partial charge < -0.3 is 5.32 Å². The Balaban J connectivity index is 1.78. The predicted octanol–water partition coefficient (Wildman–Crippen LogP) is 3.38. The van der Waals surface area contributed by atoms with Gasteiger partial charge in [-0.15, -0.1) is 22.7 Å². The highest BCUT2D eigenvalue weighted by atomic mass is 32.1. The molecule has 8 heteroatoms. The van der Waals surface area contributed by atoms with E-state index >= 15 is 0 Å². The first-order chi connectivity index (χ1) is 10.5. The average Bonchev–Trinajstić information content (AvgIpc) is 3.16. The van der Waals surface area contributed by atoms with Crippen LogP contribution in [0, 0.1) is 0 Å². The molecule has 0 aromatic carbocycles. The van der Waals surface area contributed by atoms with E-state index in [1.165, 1.54) is 11.3 Å². The summed E-state index contributed by atoms with van der Waals surface area (Å²) < 4.78 is 1.71. The minimum atomic E-state index is -0.180. The summed E-state index contributed by atoms with van der Waals surface area (Å²) in [6.07, 6.45) is 5.19. The molecule has 3 aromatic rings. The van der Waals surface area contributed by atoms with Gasteiger partial charge in [0.1, 0.15) is 15.7 Å². The second-order valence-corrected chi connectivity index (χ2v) is 7.02. The molecule has 0 aliphatic heterocycles. The topological polar surface area (TPSA) is 72.7 Å². The van der Waals surface area contributed by atoms with Crippen LogP contribution in [0.4, 0.5) is 5.82 Å². The van der Waals surface area contributed by atoms with E-state index in [1.54, 1.807) is 33.9 Å². The highest BCUT2D eigenvalue weighted by Crippen LogP contribution is 2.29. The lowest BCUT2D eigenvalue weighted by molar-refractivity contribution is 0.103. The van der Waals surface area contributed by atoms with E-state index in [0.29, 0.717) is 16.6 Å². The Morgan fingerprint density at radius 3 is 2.82 bits per heavy atom. The van der Waals surface area contributed by atoms with Crippen LogP contribution in [0.3, 0.4) is 0 Å². The maximum Gasteiger partial charge on any atom is 0.268 e. The molecule has 3 heterocycles. The summed E-state index contributed by atoms with van der Waals surface area (Å²) in [5, 5.41) is 7.76. The standard InChI is InChI=1S/C14H15N5OS2/c1-8(2)11-12(16-7-21-11)18-13(20)10-5-15-14(22-10)9-4-17-19(3)6-9/h4-8H,1-3H3,(H,18,20). The Hall–Kier alpha value is -2.06. The zero-order chi connectivity index (χ0) is 15.7. The highest BCUT2D eigenvalue weighted by Gasteiger charge is 2.16. The molecule has 114 valence electrons. The second kappa shape index (κ2) is 5.98. The minimum Gasteiger partial charge on any atom is -0.305 e. The number of thiazole rings is 2. The fourth-order valence-electron chi connectivity index (χ4n) is 1.97. The molecule has 1 amide bonds. The highest BCUT2D eigenvalue weighted by molar-refractivity contribution is 7.17. The number of nitrogens with one attached hydrogen (secondary N) is 1. The van der Waals surface area contributed by atoms with Crippen LogP contribution in [0.2, 0.25) is 0 Å². The molecular weight excluding hydrogens is 318 g/mol. The normalized spacial score (nSPS) is 11.1. The number of nitrogens with zero attached hydrogens (tertiary/aromatic N) is 4. The van der Waals surface area contributed by atoms with Crippen molar-refractivity contribution < 1.29 is 4.79 Å². The van der Waals surface area contributed by atoms with Crippen LogP contribution >= 0.6 is 22.7 Å². The molecule has 1 N–H and O–H groups in total. The molecular formula is C14H15N5OS2. The van der Waals surface area contributed by atoms with Crippen molar-refractivity contribution in [2.75, 3.05) is 5.32 Å². The lowest BCUT2D eigenvalue weighted by Crippen LogP contribution is -2.11. The van der Waals surface area contributed by atoms with Gasteiger partial charge in [-0.05, 0) is 5.92 Å². The largest absolute Gasteiger partial charge is 0.305 e. The lowest BCUT2D eigenvalue weighted by Gasteiger charge is -2.05. The Morgan fingerprint density at radius 2 is 2.14 bits per heavy atom. The van der Waals surface area contributed by atoms with Gasteiger partial charge in [-0.25, -0.2) is 9.97 Å². The van der Waals surface area contributed by atoms with Crippen molar-refractivity contribution in [1.29, 1.82) is 0 Å². The number of anilines is 1. The summed E-state index contributed by atoms with van der Waals surface area (Å²) in [7, 11) is 1.85. The second-order valence-electron chi connectivity index (χ2n) is 5.11. The number of carbonyl (C=O) groups excluding carboxylic acids is 1. The van der Waals surface area contributed by atoms with Crippen LogP contribution in [-0.2, 0) is 7.05 Å². The molecule has 0 atom stereocenters. The van der Waals surface area contributed by atoms with Gasteiger partial charge in [-0.1, -0.05) is 13.8 Å². The smallest absolute Gasteiger partial charge is 0.268 e. The number of aryl methyl sites for hydroxylation is 1. The summed E-state index contributed by atoms with van der Waals surface area (Å²) in [6.45, 7) is 4.16. The van der Waals surface area contributed by atoms with E-state index in [0.717, 1.165) is 15.4 Å². The molecule has 0 aliphatic rings. The average molecular weight is 333 g/mol. The van der Waals surface area contributed by atoms with Crippen molar-refractivity contribution in [2.45, 2.75) is 19.8 Å². The summed E-state index contributed by atoms with van der Waals surface area (Å²) >= 11 is 2.89. The van der Waals surface area contributed by atoms with E-state index in [4.69, 9.17) is 0 Å². The Morgan fingerprint density at radius 1 is 1.32 bits per heavy atom. The summed E-state index contributed by atoms with van der Waals surface area (Å²) in [4.78, 5) is 22.5. The van der Waals surface area contributed by atoms with Gasteiger partial charge in [0.05, 0.1) is 22.8 Å². The van der Waals surface area contributed by atoms with Crippen LogP contribution < -0.4 is 5.32 Å². The van der Waals surface area contributed by atoms with Crippen LogP contribution in [0.1, 0.15) is 34.3 Å². The maximum absolute atomic E-state index is 12.3. The molecule has 0 aliphatic carbocycles. The van der Waals surface area contributed by atoms with Gasteiger partial charge in [0, 0.05) is 18.8 Å². The first-order valence-corrected chi connectivity index (χ1v) is 8.43. The lowest BCUT2D eigenvalue weighted by atomic mass is 10.2. The number of carbonyl (C=O) groups is 1. The first kappa shape index (κ1) is 14.9. The summed E-state index contributed by atoms with van der Waals surface area (Å²) in [5.74, 6) is 0.789. The molecule has 22 heavy (non-hydrogen) atoms. The van der Waals surface area contributed by atoms with Gasteiger partial charge in [0.25, 0.3) is 5.91 Å². The van der Waals surface area contributed by atoms with E-state index in [1.807, 2.05) is 13.2 Å². The van der Waals surface area contributed by atoms with Crippen LogP contribution in [0.15, 0.2) is 24.1 Å². The van der Waals surface area contributed by atoms with Crippen molar-refractivity contribution in [2.24, 2.45) is 7.05 Å². The van der Waals surface area contributed by atoms with Gasteiger partial charge in [-0.2, -0.15) is 5.10 Å². The van der Waals surface area contributed by atoms with Gasteiger partial charge in [0.15, 0.2) is 0 Å². The third-order valence-electron chi connectivity index (χ3n) is 3.03. The quantitative estimate of drug-likeness (QED) is 0.794. The van der Waals surface area contributed by atoms with E-state index in [2.05, 4.69) is 34.2 Å². The van der Waals surface area contributed by atoms with Crippen LogP contribution in [0.5, 0.6) is 0 Å². The molecule has 0 bridgehead atoms. The zero-order valence-electron chi connectivity index (χ0n) is 12.4. The monoisotopic (exact) mass is 333 g/mol. The molecule has 6 nitrogen and oxygen atoms in total. The van der Waals surface area contributed by atoms with Crippen LogP contribution in [-0.4, -0.2) is 25.7 Å². The van der Waals surface area contributed by atoms with Crippen molar-refractivity contribution in [3.63, 3.8) is 0 Å². The van der Waals surface area contributed by atoms with Gasteiger partial charge >= 0.3 is 0 Å². The van der Waals surface area contributed by atoms with Crippen molar-refractivity contribution in [1.82, 2.24) is 19.7 Å². The third kappa shape index (κ3) is 2.93. The molecule has 0 fully saturated rings. The molecule has 0 spiro atoms. The fraction of sp³-hybridized carbons (Fsp3) is 0.286. The first-order valence-electron chi connectivity index (χ1n) is 6.74. The number of aromatic nitrogens is 4. The maximum atomic E-state index is 12.3. The summed E-state index contributed by atoms with van der Waals surface area (Å²) in [5.41, 5.74) is 2.65. The molecule has 3 rings (SSSR count).